The Labute approximate surface area is 121 Å². The van der Waals surface area contributed by atoms with Crippen molar-refractivity contribution in [2.24, 2.45) is 0 Å². The first-order valence-electron chi connectivity index (χ1n) is 7.31. The van der Waals surface area contributed by atoms with Crippen LogP contribution in [0.1, 0.15) is 31.2 Å². The van der Waals surface area contributed by atoms with Gasteiger partial charge in [0.2, 0.25) is 0 Å². The zero-order valence-corrected chi connectivity index (χ0v) is 12.0. The first-order chi connectivity index (χ1) is 9.92. The molecule has 2 rings (SSSR count). The molecule has 0 unspecified atom stereocenters. The highest BCUT2D eigenvalue weighted by Gasteiger charge is 2.03. The Morgan fingerprint density at radius 1 is 1.15 bits per heavy atom. The first kappa shape index (κ1) is 14.5. The van der Waals surface area contributed by atoms with Crippen LogP contribution in [-0.2, 0) is 6.54 Å². The summed E-state index contributed by atoms with van der Waals surface area (Å²) in [4.78, 5) is 0. The summed E-state index contributed by atoms with van der Waals surface area (Å²) in [7, 11) is 0. The van der Waals surface area contributed by atoms with Crippen molar-refractivity contribution in [1.82, 2.24) is 15.1 Å². The molecule has 0 amide bonds. The van der Waals surface area contributed by atoms with Crippen molar-refractivity contribution in [1.29, 1.82) is 0 Å². The number of aromatic nitrogens is 2. The zero-order chi connectivity index (χ0) is 14.0. The predicted molar refractivity (Wildman–Crippen MR) is 83.9 cm³/mol. The molecule has 3 heteroatoms. The summed E-state index contributed by atoms with van der Waals surface area (Å²) in [5.41, 5.74) is 2.43. The van der Waals surface area contributed by atoms with Crippen LogP contribution in [0.15, 0.2) is 55.4 Å². The number of allylic oxidation sites excluding steroid dienone is 1. The van der Waals surface area contributed by atoms with Crippen LogP contribution in [0.3, 0.4) is 0 Å². The van der Waals surface area contributed by atoms with Gasteiger partial charge in [-0.15, -0.1) is 6.58 Å². The molecule has 106 valence electrons. The smallest absolute Gasteiger partial charge is 0.0690 e. The third-order valence-electron chi connectivity index (χ3n) is 3.32. The fourth-order valence-electron chi connectivity index (χ4n) is 2.23. The van der Waals surface area contributed by atoms with Gasteiger partial charge in [-0.05, 0) is 43.5 Å². The van der Waals surface area contributed by atoms with E-state index in [1.165, 1.54) is 24.8 Å². The van der Waals surface area contributed by atoms with E-state index in [0.717, 1.165) is 25.2 Å². The second-order valence-corrected chi connectivity index (χ2v) is 4.89. The van der Waals surface area contributed by atoms with Gasteiger partial charge in [-0.1, -0.05) is 30.7 Å². The minimum Gasteiger partial charge on any atom is -0.313 e. The maximum absolute atomic E-state index is 4.30. The average Bonchev–Trinajstić information content (AvgIpc) is 3.01. The van der Waals surface area contributed by atoms with Gasteiger partial charge in [-0.25, -0.2) is 4.68 Å². The predicted octanol–water partition coefficient (Wildman–Crippen LogP) is 3.71. The van der Waals surface area contributed by atoms with Gasteiger partial charge in [-0.2, -0.15) is 5.10 Å². The molecule has 0 atom stereocenters. The van der Waals surface area contributed by atoms with Gasteiger partial charge >= 0.3 is 0 Å². The third kappa shape index (κ3) is 4.35. The minimum atomic E-state index is 0.886. The van der Waals surface area contributed by atoms with E-state index < -0.39 is 0 Å². The Balaban J connectivity index is 1.80. The molecule has 0 aliphatic heterocycles. The zero-order valence-electron chi connectivity index (χ0n) is 12.0. The highest BCUT2D eigenvalue weighted by molar-refractivity contribution is 5.40. The molecule has 0 aliphatic rings. The molecular formula is C17H23N3. The standard InChI is InChI=1S/C17H23N3/c1-2-3-4-5-8-12-18-15-16-10-6-7-11-17(16)20-14-9-13-19-20/h2,6-7,9-11,13-14,18H,1,3-5,8,12,15H2. The number of para-hydroxylation sites is 1. The van der Waals surface area contributed by atoms with Gasteiger partial charge in [0.15, 0.2) is 0 Å². The Kier molecular flexibility index (Phi) is 6.06. The van der Waals surface area contributed by atoms with Gasteiger partial charge in [0.1, 0.15) is 0 Å². The molecule has 0 bridgehead atoms. The van der Waals surface area contributed by atoms with Crippen LogP contribution >= 0.6 is 0 Å². The molecule has 0 fully saturated rings. The minimum absolute atomic E-state index is 0.886. The van der Waals surface area contributed by atoms with Crippen LogP contribution in [0.2, 0.25) is 0 Å². The summed E-state index contributed by atoms with van der Waals surface area (Å²) in [5.74, 6) is 0. The summed E-state index contributed by atoms with van der Waals surface area (Å²) >= 11 is 0. The lowest BCUT2D eigenvalue weighted by Gasteiger charge is -2.10. The van der Waals surface area contributed by atoms with Crippen molar-refractivity contribution in [3.63, 3.8) is 0 Å². The van der Waals surface area contributed by atoms with E-state index in [9.17, 15) is 0 Å². The van der Waals surface area contributed by atoms with E-state index >= 15 is 0 Å². The molecule has 3 nitrogen and oxygen atoms in total. The van der Waals surface area contributed by atoms with Gasteiger partial charge in [0.05, 0.1) is 5.69 Å². The normalized spacial score (nSPS) is 10.6. The second kappa shape index (κ2) is 8.33. The molecule has 0 spiro atoms. The van der Waals surface area contributed by atoms with Crippen molar-refractivity contribution in [3.8, 4) is 5.69 Å². The van der Waals surface area contributed by atoms with Gasteiger partial charge < -0.3 is 5.32 Å². The van der Waals surface area contributed by atoms with Crippen LogP contribution in [0.4, 0.5) is 0 Å². The number of rotatable bonds is 9. The largest absolute Gasteiger partial charge is 0.313 e. The van der Waals surface area contributed by atoms with E-state index in [0.29, 0.717) is 0 Å². The summed E-state index contributed by atoms with van der Waals surface area (Å²) in [6.07, 6.45) is 10.6. The molecule has 20 heavy (non-hydrogen) atoms. The molecular weight excluding hydrogens is 246 g/mol. The number of benzene rings is 1. The number of nitrogens with one attached hydrogen (secondary N) is 1. The van der Waals surface area contributed by atoms with E-state index in [4.69, 9.17) is 0 Å². The Morgan fingerprint density at radius 3 is 2.85 bits per heavy atom. The maximum Gasteiger partial charge on any atom is 0.0690 e. The van der Waals surface area contributed by atoms with Crippen molar-refractivity contribution in [2.75, 3.05) is 6.54 Å². The maximum atomic E-state index is 4.30. The van der Waals surface area contributed by atoms with Crippen LogP contribution in [0.25, 0.3) is 5.69 Å². The topological polar surface area (TPSA) is 29.9 Å². The van der Waals surface area contributed by atoms with Gasteiger partial charge in [-0.3, -0.25) is 0 Å². The molecule has 1 N–H and O–H groups in total. The van der Waals surface area contributed by atoms with Crippen LogP contribution < -0.4 is 5.32 Å². The second-order valence-electron chi connectivity index (χ2n) is 4.89. The van der Waals surface area contributed by atoms with Gasteiger partial charge in [0, 0.05) is 18.9 Å². The van der Waals surface area contributed by atoms with Crippen LogP contribution in [0, 0.1) is 0 Å². The summed E-state index contributed by atoms with van der Waals surface area (Å²) < 4.78 is 1.92. The fourth-order valence-corrected chi connectivity index (χ4v) is 2.23. The number of unbranched alkanes of at least 4 members (excludes halogenated alkanes) is 3. The first-order valence-corrected chi connectivity index (χ1v) is 7.31. The van der Waals surface area contributed by atoms with Crippen molar-refractivity contribution >= 4 is 0 Å². The van der Waals surface area contributed by atoms with E-state index in [2.05, 4.69) is 41.3 Å². The number of nitrogens with zero attached hydrogens (tertiary/aromatic N) is 2. The summed E-state index contributed by atoms with van der Waals surface area (Å²) in [6.45, 7) is 5.69. The van der Waals surface area contributed by atoms with Crippen LogP contribution in [-0.4, -0.2) is 16.3 Å². The molecule has 0 aliphatic carbocycles. The molecule has 1 aromatic carbocycles. The average molecular weight is 269 g/mol. The highest BCUT2D eigenvalue weighted by Crippen LogP contribution is 2.13. The number of hydrogen-bond donors (Lipinski definition) is 1. The Morgan fingerprint density at radius 2 is 2.05 bits per heavy atom. The van der Waals surface area contributed by atoms with E-state index in [-0.39, 0.29) is 0 Å². The summed E-state index contributed by atoms with van der Waals surface area (Å²) in [5, 5.41) is 7.82. The van der Waals surface area contributed by atoms with E-state index in [1.54, 1.807) is 0 Å². The number of hydrogen-bond acceptors (Lipinski definition) is 2. The molecule has 0 saturated heterocycles. The van der Waals surface area contributed by atoms with Gasteiger partial charge in [0.25, 0.3) is 0 Å². The fraction of sp³-hybridized carbons (Fsp3) is 0.353. The molecule has 0 radical (unpaired) electrons. The van der Waals surface area contributed by atoms with Crippen LogP contribution in [0.5, 0.6) is 0 Å². The SMILES string of the molecule is C=CCCCCCNCc1ccccc1-n1cccn1. The molecule has 0 saturated carbocycles. The lowest BCUT2D eigenvalue weighted by atomic mass is 10.1. The Hall–Kier alpha value is -1.87. The molecule has 2 aromatic rings. The quantitative estimate of drug-likeness (QED) is 0.555. The molecule has 1 aromatic heterocycles. The van der Waals surface area contributed by atoms with Crippen molar-refractivity contribution in [2.45, 2.75) is 32.2 Å². The summed E-state index contributed by atoms with van der Waals surface area (Å²) in [6, 6.07) is 10.3. The third-order valence-corrected chi connectivity index (χ3v) is 3.32. The van der Waals surface area contributed by atoms with E-state index in [1.807, 2.05) is 29.2 Å². The lowest BCUT2D eigenvalue weighted by Crippen LogP contribution is -2.16. The Bertz CT molecular complexity index is 503. The van der Waals surface area contributed by atoms with Crippen molar-refractivity contribution in [3.05, 3.63) is 60.9 Å². The molecule has 1 heterocycles. The monoisotopic (exact) mass is 269 g/mol. The van der Waals surface area contributed by atoms with Crippen molar-refractivity contribution < 1.29 is 0 Å². The highest BCUT2D eigenvalue weighted by atomic mass is 15.3. The lowest BCUT2D eigenvalue weighted by molar-refractivity contribution is 0.604.